The van der Waals surface area contributed by atoms with E-state index in [9.17, 15) is 0 Å². The van der Waals surface area contributed by atoms with Crippen LogP contribution in [0.15, 0.2) is 48.9 Å². The number of nitrogens with one attached hydrogen (secondary N) is 1. The topological polar surface area (TPSA) is 93.7 Å². The normalized spacial score (nSPS) is 10.8. The van der Waals surface area contributed by atoms with Crippen molar-refractivity contribution in [3.8, 4) is 21.7 Å². The molecule has 0 amide bonds. The fourth-order valence-electron chi connectivity index (χ4n) is 2.37. The molecule has 3 rings (SSSR count). The highest BCUT2D eigenvalue weighted by Crippen LogP contribution is 2.39. The Morgan fingerprint density at radius 1 is 1.27 bits per heavy atom. The first-order valence-electron chi connectivity index (χ1n) is 6.95. The summed E-state index contributed by atoms with van der Waals surface area (Å²) in [4.78, 5) is 6.05. The highest BCUT2D eigenvalue weighted by molar-refractivity contribution is 7.18. The summed E-state index contributed by atoms with van der Waals surface area (Å²) in [7, 11) is 0. The van der Waals surface area contributed by atoms with Crippen LogP contribution in [-0.2, 0) is 6.54 Å². The first-order chi connectivity index (χ1) is 10.7. The highest BCUT2D eigenvalue weighted by Gasteiger charge is 2.17. The Bertz CT molecular complexity index is 788. The zero-order chi connectivity index (χ0) is 15.5. The van der Waals surface area contributed by atoms with Crippen LogP contribution in [0, 0.1) is 5.41 Å². The van der Waals surface area contributed by atoms with E-state index in [1.54, 1.807) is 6.33 Å². The highest BCUT2D eigenvalue weighted by atomic mass is 32.1. The Hall–Kier alpha value is -2.44. The Balaban J connectivity index is 2.17. The number of benzene rings is 1. The molecule has 0 aliphatic rings. The van der Waals surface area contributed by atoms with E-state index in [0.717, 1.165) is 26.6 Å². The van der Waals surface area contributed by atoms with Gasteiger partial charge < -0.3 is 16.0 Å². The minimum absolute atomic E-state index is 0.0818. The molecular weight excluding hydrogens is 294 g/mol. The predicted octanol–water partition coefficient (Wildman–Crippen LogP) is 2.52. The van der Waals surface area contributed by atoms with Gasteiger partial charge in [-0.25, -0.2) is 4.98 Å². The summed E-state index contributed by atoms with van der Waals surface area (Å²) < 4.78 is 2.03. The maximum absolute atomic E-state index is 7.71. The summed E-state index contributed by atoms with van der Waals surface area (Å²) in [6.07, 6.45) is 3.61. The third-order valence-corrected chi connectivity index (χ3v) is 4.59. The maximum atomic E-state index is 7.71. The first kappa shape index (κ1) is 14.5. The summed E-state index contributed by atoms with van der Waals surface area (Å²) >= 11 is 1.51. The smallest absolute Gasteiger partial charge is 0.133 e. The molecule has 2 heterocycles. The lowest BCUT2D eigenvalue weighted by Gasteiger charge is -2.07. The molecule has 6 heteroatoms. The summed E-state index contributed by atoms with van der Waals surface area (Å²) in [5, 5.41) is 7.71. The zero-order valence-corrected chi connectivity index (χ0v) is 12.8. The molecule has 0 saturated heterocycles. The van der Waals surface area contributed by atoms with E-state index >= 15 is 0 Å². The van der Waals surface area contributed by atoms with E-state index < -0.39 is 0 Å². The number of aromatic nitrogens is 2. The molecule has 0 bridgehead atoms. The SMILES string of the molecule is N=C(N)c1cc(-c2ccccc2)c(-c2cncn2CCN)s1. The molecule has 5 N–H and O–H groups in total. The van der Waals surface area contributed by atoms with E-state index in [1.807, 2.05) is 35.0 Å². The number of nitrogens with two attached hydrogens (primary N) is 2. The van der Waals surface area contributed by atoms with E-state index in [0.29, 0.717) is 13.1 Å². The fourth-order valence-corrected chi connectivity index (χ4v) is 3.44. The van der Waals surface area contributed by atoms with E-state index in [2.05, 4.69) is 17.1 Å². The van der Waals surface area contributed by atoms with Crippen LogP contribution in [0.5, 0.6) is 0 Å². The van der Waals surface area contributed by atoms with Crippen molar-refractivity contribution < 1.29 is 0 Å². The molecule has 0 radical (unpaired) electrons. The number of nitrogens with zero attached hydrogens (tertiary/aromatic N) is 2. The summed E-state index contributed by atoms with van der Waals surface area (Å²) in [6, 6.07) is 12.1. The van der Waals surface area contributed by atoms with Gasteiger partial charge in [0.1, 0.15) is 5.84 Å². The molecule has 2 aromatic heterocycles. The van der Waals surface area contributed by atoms with Gasteiger partial charge in [-0.15, -0.1) is 11.3 Å². The van der Waals surface area contributed by atoms with Crippen molar-refractivity contribution in [3.63, 3.8) is 0 Å². The summed E-state index contributed by atoms with van der Waals surface area (Å²) in [5.74, 6) is 0.0818. The lowest BCUT2D eigenvalue weighted by molar-refractivity contribution is 0.714. The van der Waals surface area contributed by atoms with Gasteiger partial charge >= 0.3 is 0 Å². The minimum Gasteiger partial charge on any atom is -0.383 e. The zero-order valence-electron chi connectivity index (χ0n) is 12.0. The van der Waals surface area contributed by atoms with Crippen LogP contribution < -0.4 is 11.5 Å². The quantitative estimate of drug-likeness (QED) is 0.499. The van der Waals surface area contributed by atoms with Gasteiger partial charge in [0.2, 0.25) is 0 Å². The fraction of sp³-hybridized carbons (Fsp3) is 0.125. The van der Waals surface area contributed by atoms with Crippen LogP contribution in [0.3, 0.4) is 0 Å². The Morgan fingerprint density at radius 3 is 2.73 bits per heavy atom. The van der Waals surface area contributed by atoms with Crippen molar-refractivity contribution >= 4 is 17.2 Å². The minimum atomic E-state index is 0.0818. The predicted molar refractivity (Wildman–Crippen MR) is 91.0 cm³/mol. The molecule has 5 nitrogen and oxygen atoms in total. The monoisotopic (exact) mass is 311 g/mol. The number of amidine groups is 1. The molecule has 0 aliphatic carbocycles. The van der Waals surface area contributed by atoms with Crippen LogP contribution >= 0.6 is 11.3 Å². The van der Waals surface area contributed by atoms with Crippen molar-refractivity contribution in [1.82, 2.24) is 9.55 Å². The Morgan fingerprint density at radius 2 is 2.05 bits per heavy atom. The van der Waals surface area contributed by atoms with Crippen LogP contribution in [0.4, 0.5) is 0 Å². The van der Waals surface area contributed by atoms with Crippen molar-refractivity contribution in [2.45, 2.75) is 6.54 Å². The standard InChI is InChI=1S/C16H17N5S/c17-6-7-21-10-20-9-13(21)15-12(8-14(22-15)16(18)19)11-4-2-1-3-5-11/h1-5,8-10H,6-7,17H2,(H3,18,19). The van der Waals surface area contributed by atoms with Crippen LogP contribution in [-0.4, -0.2) is 21.9 Å². The molecule has 0 unspecified atom stereocenters. The Kier molecular flexibility index (Phi) is 4.04. The third-order valence-electron chi connectivity index (χ3n) is 3.40. The van der Waals surface area contributed by atoms with Gasteiger partial charge in [-0.3, -0.25) is 5.41 Å². The summed E-state index contributed by atoms with van der Waals surface area (Å²) in [6.45, 7) is 1.26. The lowest BCUT2D eigenvalue weighted by atomic mass is 10.0. The number of nitrogen functional groups attached to an aromatic ring is 1. The molecule has 22 heavy (non-hydrogen) atoms. The van der Waals surface area contributed by atoms with E-state index in [4.69, 9.17) is 16.9 Å². The molecule has 0 spiro atoms. The molecule has 1 aromatic carbocycles. The Labute approximate surface area is 132 Å². The van der Waals surface area contributed by atoms with Crippen LogP contribution in [0.25, 0.3) is 21.7 Å². The summed E-state index contributed by atoms with van der Waals surface area (Å²) in [5.41, 5.74) is 14.5. The van der Waals surface area contributed by atoms with Gasteiger partial charge in [0, 0.05) is 18.7 Å². The van der Waals surface area contributed by atoms with Gasteiger partial charge in [0.15, 0.2) is 0 Å². The van der Waals surface area contributed by atoms with Gasteiger partial charge in [0.25, 0.3) is 0 Å². The van der Waals surface area contributed by atoms with Gasteiger partial charge in [-0.2, -0.15) is 0 Å². The average molecular weight is 311 g/mol. The van der Waals surface area contributed by atoms with Crippen molar-refractivity contribution in [2.24, 2.45) is 11.5 Å². The van der Waals surface area contributed by atoms with Crippen molar-refractivity contribution in [2.75, 3.05) is 6.54 Å². The number of rotatable bonds is 5. The maximum Gasteiger partial charge on any atom is 0.133 e. The number of hydrogen-bond acceptors (Lipinski definition) is 4. The number of thiophene rings is 1. The second-order valence-electron chi connectivity index (χ2n) is 4.89. The van der Waals surface area contributed by atoms with Gasteiger partial charge in [0.05, 0.1) is 28.0 Å². The van der Waals surface area contributed by atoms with E-state index in [-0.39, 0.29) is 5.84 Å². The average Bonchev–Trinajstić information content (AvgIpc) is 3.14. The van der Waals surface area contributed by atoms with Crippen LogP contribution in [0.2, 0.25) is 0 Å². The molecule has 0 aliphatic heterocycles. The van der Waals surface area contributed by atoms with E-state index in [1.165, 1.54) is 11.3 Å². The molecule has 0 atom stereocenters. The largest absolute Gasteiger partial charge is 0.383 e. The first-order valence-corrected chi connectivity index (χ1v) is 7.76. The number of hydrogen-bond donors (Lipinski definition) is 3. The molecular formula is C16H17N5S. The molecule has 112 valence electrons. The van der Waals surface area contributed by atoms with Gasteiger partial charge in [-0.05, 0) is 11.6 Å². The lowest BCUT2D eigenvalue weighted by Crippen LogP contribution is -2.09. The molecule has 0 saturated carbocycles. The molecule has 3 aromatic rings. The molecule has 0 fully saturated rings. The van der Waals surface area contributed by atoms with Crippen LogP contribution in [0.1, 0.15) is 4.88 Å². The van der Waals surface area contributed by atoms with Gasteiger partial charge in [-0.1, -0.05) is 30.3 Å². The van der Waals surface area contributed by atoms with Crippen molar-refractivity contribution in [1.29, 1.82) is 5.41 Å². The number of imidazole rings is 1. The second-order valence-corrected chi connectivity index (χ2v) is 5.95. The third kappa shape index (κ3) is 2.66. The van der Waals surface area contributed by atoms with Crippen molar-refractivity contribution in [3.05, 3.63) is 53.8 Å². The second kappa shape index (κ2) is 6.13.